The molecular formula is C30H26F3N3O7S. The number of aliphatic hydroxyl groups excluding tert-OH is 1. The van der Waals surface area contributed by atoms with Gasteiger partial charge in [0.1, 0.15) is 11.6 Å². The van der Waals surface area contributed by atoms with E-state index in [4.69, 9.17) is 5.73 Å². The van der Waals surface area contributed by atoms with Gasteiger partial charge in [-0.25, -0.2) is 13.2 Å². The number of aromatic nitrogens is 1. The van der Waals surface area contributed by atoms with Crippen molar-refractivity contribution >= 4 is 32.7 Å². The second kappa shape index (κ2) is 11.5. The zero-order chi connectivity index (χ0) is 32.0. The Hall–Kier alpha value is -4.53. The summed E-state index contributed by atoms with van der Waals surface area (Å²) in [6, 6.07) is 14.0. The highest BCUT2D eigenvalue weighted by molar-refractivity contribution is 7.89. The largest absolute Gasteiger partial charge is 0.480 e. The van der Waals surface area contributed by atoms with Crippen molar-refractivity contribution in [3.63, 3.8) is 0 Å². The summed E-state index contributed by atoms with van der Waals surface area (Å²) in [5.74, 6) is -2.93. The lowest BCUT2D eigenvalue weighted by atomic mass is 9.89. The number of carbonyl (C=O) groups excluding carboxylic acids is 1. The van der Waals surface area contributed by atoms with Crippen LogP contribution in [0.4, 0.5) is 13.2 Å². The molecule has 10 nitrogen and oxygen atoms in total. The number of aliphatic carboxylic acids is 1. The van der Waals surface area contributed by atoms with E-state index < -0.39 is 74.5 Å². The Balaban J connectivity index is 1.97. The molecule has 0 aliphatic carbocycles. The molecule has 1 atom stereocenters. The molecule has 1 amide bonds. The number of alkyl halides is 3. The topological polar surface area (TPSA) is 160 Å². The highest BCUT2D eigenvalue weighted by Gasteiger charge is 2.45. The van der Waals surface area contributed by atoms with Crippen LogP contribution in [0.3, 0.4) is 0 Å². The average Bonchev–Trinajstić information content (AvgIpc) is 2.96. The number of benzene rings is 3. The smallest absolute Gasteiger partial charge is 0.416 e. The maximum absolute atomic E-state index is 14.2. The van der Waals surface area contributed by atoms with Crippen molar-refractivity contribution in [2.24, 2.45) is 5.73 Å². The number of amides is 1. The number of nitrogens with two attached hydrogens (primary N) is 1. The predicted molar refractivity (Wildman–Crippen MR) is 154 cm³/mol. The fourth-order valence-corrected chi connectivity index (χ4v) is 7.52. The first-order valence-electron chi connectivity index (χ1n) is 13.4. The number of carboxylic acids is 1. The number of halogens is 3. The Labute approximate surface area is 248 Å². The number of carboxylic acid groups (broad SMARTS) is 1. The summed E-state index contributed by atoms with van der Waals surface area (Å²) in [7, 11) is -4.78. The molecule has 1 aromatic heterocycles. The molecule has 1 aliphatic heterocycles. The van der Waals surface area contributed by atoms with Gasteiger partial charge in [0.2, 0.25) is 0 Å². The number of hydrogen-bond acceptors (Lipinski definition) is 6. The molecule has 0 spiro atoms. The Kier molecular flexibility index (Phi) is 8.09. The van der Waals surface area contributed by atoms with Crippen molar-refractivity contribution in [2.75, 3.05) is 19.7 Å². The van der Waals surface area contributed by atoms with E-state index in [1.165, 1.54) is 6.07 Å². The van der Waals surface area contributed by atoms with Crippen molar-refractivity contribution in [3.8, 4) is 11.1 Å². The van der Waals surface area contributed by atoms with Gasteiger partial charge in [-0.2, -0.15) is 17.5 Å². The van der Waals surface area contributed by atoms with Gasteiger partial charge >= 0.3 is 12.1 Å². The first kappa shape index (κ1) is 30.9. The monoisotopic (exact) mass is 629 g/mol. The number of nitrogens with zero attached hydrogens (tertiary/aromatic N) is 2. The number of hydrogen-bond donors (Lipinski definition) is 3. The predicted octanol–water partition coefficient (Wildman–Crippen LogP) is 3.39. The molecule has 230 valence electrons. The first-order valence-corrected chi connectivity index (χ1v) is 14.8. The molecule has 0 saturated carbocycles. The maximum Gasteiger partial charge on any atom is 0.416 e. The molecule has 0 radical (unpaired) electrons. The molecule has 5 rings (SSSR count). The van der Waals surface area contributed by atoms with E-state index in [0.29, 0.717) is 21.6 Å². The van der Waals surface area contributed by atoms with Crippen LogP contribution in [0.25, 0.3) is 21.9 Å². The Morgan fingerprint density at radius 2 is 1.70 bits per heavy atom. The fraction of sp³-hybridized carbons (Fsp3) is 0.233. The molecule has 1 unspecified atom stereocenters. The molecule has 4 N–H and O–H groups in total. The second-order valence-electron chi connectivity index (χ2n) is 10.3. The van der Waals surface area contributed by atoms with E-state index in [-0.39, 0.29) is 30.5 Å². The van der Waals surface area contributed by atoms with Crippen LogP contribution >= 0.6 is 0 Å². The highest BCUT2D eigenvalue weighted by atomic mass is 32.2. The van der Waals surface area contributed by atoms with Gasteiger partial charge in [0.15, 0.2) is 5.03 Å². The van der Waals surface area contributed by atoms with Gasteiger partial charge in [0.05, 0.1) is 5.56 Å². The van der Waals surface area contributed by atoms with Crippen LogP contribution < -0.4 is 11.3 Å². The van der Waals surface area contributed by atoms with Crippen LogP contribution in [0, 0.1) is 0 Å². The minimum atomic E-state index is -4.85. The molecule has 4 aromatic rings. The second-order valence-corrected chi connectivity index (χ2v) is 12.1. The fourth-order valence-electron chi connectivity index (χ4n) is 5.61. The third-order valence-electron chi connectivity index (χ3n) is 7.56. The molecule has 0 bridgehead atoms. The van der Waals surface area contributed by atoms with Crippen molar-refractivity contribution in [1.82, 2.24) is 8.87 Å². The van der Waals surface area contributed by atoms with Crippen LogP contribution in [-0.4, -0.2) is 59.1 Å². The van der Waals surface area contributed by atoms with Crippen LogP contribution in [0.15, 0.2) is 76.6 Å². The van der Waals surface area contributed by atoms with Gasteiger partial charge in [-0.05, 0) is 52.4 Å². The van der Waals surface area contributed by atoms with Gasteiger partial charge in [-0.3, -0.25) is 14.2 Å². The van der Waals surface area contributed by atoms with Crippen LogP contribution in [0.2, 0.25) is 0 Å². The van der Waals surface area contributed by atoms with Gasteiger partial charge in [-0.15, -0.1) is 0 Å². The molecule has 0 saturated heterocycles. The van der Waals surface area contributed by atoms with E-state index in [1.807, 2.05) is 0 Å². The lowest BCUT2D eigenvalue weighted by Gasteiger charge is -2.35. The molecular weight excluding hydrogens is 603 g/mol. The van der Waals surface area contributed by atoms with Crippen molar-refractivity contribution in [3.05, 3.63) is 99.3 Å². The van der Waals surface area contributed by atoms with E-state index in [2.05, 4.69) is 0 Å². The minimum absolute atomic E-state index is 0.0864. The summed E-state index contributed by atoms with van der Waals surface area (Å²) in [5.41, 5.74) is 1.97. The number of aliphatic hydroxyl groups is 1. The number of pyridine rings is 1. The minimum Gasteiger partial charge on any atom is -0.480 e. The number of sulfonamides is 1. The Bertz CT molecular complexity index is 1970. The van der Waals surface area contributed by atoms with Crippen molar-refractivity contribution < 1.29 is 41.4 Å². The summed E-state index contributed by atoms with van der Waals surface area (Å²) in [6.07, 6.45) is -5.24. The van der Waals surface area contributed by atoms with Crippen LogP contribution in [0.1, 0.15) is 39.5 Å². The molecule has 44 heavy (non-hydrogen) atoms. The summed E-state index contributed by atoms with van der Waals surface area (Å²) in [6.45, 7) is -1.51. The third-order valence-corrected chi connectivity index (χ3v) is 9.47. The van der Waals surface area contributed by atoms with Crippen LogP contribution in [-0.2, 0) is 27.4 Å². The van der Waals surface area contributed by atoms with Gasteiger partial charge in [0, 0.05) is 25.3 Å². The summed E-state index contributed by atoms with van der Waals surface area (Å²) in [4.78, 5) is 39.3. The standard InChI is InChI=1S/C30H26F3N3O7S/c31-30(32,33)20-10-4-9-19(14-20)24-22(15-18-8-3-7-17-6-1-2-11-21(17)18)25(26(34)38)27(39)36-23(29(40)41)16-35(12-5-13-37)44(42,43)28(24)36/h1-4,6-11,14,23,37H,5,12-13,15-16H2,(H2,34,38)(H,40,41). The third kappa shape index (κ3) is 5.36. The first-order chi connectivity index (χ1) is 20.8. The molecule has 14 heteroatoms. The lowest BCUT2D eigenvalue weighted by Crippen LogP contribution is -2.51. The summed E-state index contributed by atoms with van der Waals surface area (Å²) < 4.78 is 71.1. The average molecular weight is 630 g/mol. The maximum atomic E-state index is 14.2. The number of carbonyl (C=O) groups is 2. The van der Waals surface area contributed by atoms with Crippen LogP contribution in [0.5, 0.6) is 0 Å². The van der Waals surface area contributed by atoms with Gasteiger partial charge < -0.3 is 15.9 Å². The summed E-state index contributed by atoms with van der Waals surface area (Å²) in [5, 5.41) is 20.0. The number of fused-ring (bicyclic) bond motifs is 2. The summed E-state index contributed by atoms with van der Waals surface area (Å²) >= 11 is 0. The number of primary amides is 1. The zero-order valence-corrected chi connectivity index (χ0v) is 23.7. The van der Waals surface area contributed by atoms with E-state index in [0.717, 1.165) is 21.8 Å². The molecule has 1 aliphatic rings. The van der Waals surface area contributed by atoms with Crippen molar-refractivity contribution in [2.45, 2.75) is 30.1 Å². The normalized spacial score (nSPS) is 16.5. The van der Waals surface area contributed by atoms with E-state index >= 15 is 0 Å². The van der Waals surface area contributed by atoms with E-state index in [1.54, 1.807) is 42.5 Å². The Morgan fingerprint density at radius 1 is 1.02 bits per heavy atom. The van der Waals surface area contributed by atoms with Crippen molar-refractivity contribution in [1.29, 1.82) is 0 Å². The SMILES string of the molecule is NC(=O)c1c(Cc2cccc3ccccc23)c(-c2cccc(C(F)(F)F)c2)c2n(c1=O)C(C(=O)O)CN(CCCO)S2(=O)=O. The van der Waals surface area contributed by atoms with E-state index in [9.17, 15) is 46.2 Å². The van der Waals surface area contributed by atoms with Gasteiger partial charge in [-0.1, -0.05) is 54.6 Å². The molecule has 2 heterocycles. The highest BCUT2D eigenvalue weighted by Crippen LogP contribution is 2.41. The quantitative estimate of drug-likeness (QED) is 0.269. The molecule has 0 fully saturated rings. The number of rotatable bonds is 8. The zero-order valence-electron chi connectivity index (χ0n) is 22.9. The Morgan fingerprint density at radius 3 is 2.36 bits per heavy atom. The molecule has 3 aromatic carbocycles. The van der Waals surface area contributed by atoms with Gasteiger partial charge in [0.25, 0.3) is 21.5 Å². The lowest BCUT2D eigenvalue weighted by molar-refractivity contribution is -0.141.